The third-order valence-corrected chi connectivity index (χ3v) is 3.99. The first kappa shape index (κ1) is 19.0. The molecule has 22 heavy (non-hydrogen) atoms. The van der Waals surface area contributed by atoms with E-state index in [0.717, 1.165) is 12.8 Å². The maximum atomic E-state index is 12.3. The van der Waals surface area contributed by atoms with Gasteiger partial charge in [-0.3, -0.25) is 4.79 Å². The summed E-state index contributed by atoms with van der Waals surface area (Å²) in [6.45, 7) is 1.08. The van der Waals surface area contributed by atoms with Crippen LogP contribution in [0.5, 0.6) is 5.75 Å². The van der Waals surface area contributed by atoms with Crippen molar-refractivity contribution in [1.29, 1.82) is 0 Å². The molecule has 0 aromatic heterocycles. The Morgan fingerprint density at radius 2 is 2.27 bits per heavy atom. The molecule has 2 N–H and O–H groups in total. The van der Waals surface area contributed by atoms with Gasteiger partial charge in [0.05, 0.1) is 6.10 Å². The average Bonchev–Trinajstić information content (AvgIpc) is 2.52. The van der Waals surface area contributed by atoms with Crippen LogP contribution in [0.25, 0.3) is 0 Å². The van der Waals surface area contributed by atoms with E-state index >= 15 is 0 Å². The summed E-state index contributed by atoms with van der Waals surface area (Å²) in [7, 11) is 1.69. The fourth-order valence-electron chi connectivity index (χ4n) is 2.56. The van der Waals surface area contributed by atoms with Crippen molar-refractivity contribution in [3.8, 4) is 5.75 Å². The molecule has 0 radical (unpaired) electrons. The highest BCUT2D eigenvalue weighted by atomic mass is 35.5. The van der Waals surface area contributed by atoms with Crippen molar-refractivity contribution in [3.63, 3.8) is 0 Å². The Kier molecular flexibility index (Phi) is 7.96. The molecule has 0 spiro atoms. The van der Waals surface area contributed by atoms with Crippen molar-refractivity contribution >= 4 is 29.9 Å². The predicted molar refractivity (Wildman–Crippen MR) is 88.8 cm³/mol. The lowest BCUT2D eigenvalue weighted by molar-refractivity contribution is -0.139. The first-order valence-corrected chi connectivity index (χ1v) is 7.42. The van der Waals surface area contributed by atoms with Crippen LogP contribution in [0.1, 0.15) is 12.8 Å². The lowest BCUT2D eigenvalue weighted by Crippen LogP contribution is -2.52. The number of halogens is 2. The number of methoxy groups -OCH3 is 1. The Labute approximate surface area is 142 Å². The maximum absolute atomic E-state index is 12.3. The van der Waals surface area contributed by atoms with Crippen LogP contribution in [0.15, 0.2) is 24.3 Å². The number of amides is 1. The second kappa shape index (κ2) is 9.20. The summed E-state index contributed by atoms with van der Waals surface area (Å²) in [5.41, 5.74) is 5.77. The zero-order chi connectivity index (χ0) is 15.2. The maximum Gasteiger partial charge on any atom is 0.260 e. The van der Waals surface area contributed by atoms with Gasteiger partial charge in [-0.15, -0.1) is 12.4 Å². The Morgan fingerprint density at radius 3 is 2.91 bits per heavy atom. The number of nitrogens with two attached hydrogens (primary N) is 1. The van der Waals surface area contributed by atoms with Gasteiger partial charge in [0.25, 0.3) is 5.91 Å². The summed E-state index contributed by atoms with van der Waals surface area (Å²) in [4.78, 5) is 14.1. The molecule has 1 heterocycles. The standard InChI is InChI=1S/C15H21ClN2O3.ClH/c1-20-13-5-6-18(12(8-13)9-17)15(19)10-21-14-4-2-3-11(16)7-14;/h2-4,7,12-13H,5-6,8-10,17H2,1H3;1H. The predicted octanol–water partition coefficient (Wildman–Crippen LogP) is 2.11. The van der Waals surface area contributed by atoms with Gasteiger partial charge in [-0.05, 0) is 31.0 Å². The number of likely N-dealkylation sites (tertiary alicyclic amines) is 1. The molecule has 7 heteroatoms. The van der Waals surface area contributed by atoms with E-state index in [9.17, 15) is 4.79 Å². The van der Waals surface area contributed by atoms with Gasteiger partial charge in [-0.1, -0.05) is 17.7 Å². The molecule has 1 aliphatic rings. The van der Waals surface area contributed by atoms with E-state index in [1.54, 1.807) is 36.3 Å². The van der Waals surface area contributed by atoms with Crippen LogP contribution in [-0.2, 0) is 9.53 Å². The monoisotopic (exact) mass is 348 g/mol. The molecule has 0 bridgehead atoms. The largest absolute Gasteiger partial charge is 0.484 e. The van der Waals surface area contributed by atoms with Gasteiger partial charge in [0, 0.05) is 31.3 Å². The molecule has 0 saturated carbocycles. The zero-order valence-corrected chi connectivity index (χ0v) is 14.1. The summed E-state index contributed by atoms with van der Waals surface area (Å²) in [5, 5.41) is 0.584. The van der Waals surface area contributed by atoms with Crippen molar-refractivity contribution in [2.24, 2.45) is 5.73 Å². The minimum absolute atomic E-state index is 0. The second-order valence-electron chi connectivity index (χ2n) is 5.10. The highest BCUT2D eigenvalue weighted by Gasteiger charge is 2.30. The molecule has 1 aromatic rings. The number of ether oxygens (including phenoxy) is 2. The first-order valence-electron chi connectivity index (χ1n) is 7.04. The molecule has 1 aliphatic heterocycles. The van der Waals surface area contributed by atoms with Gasteiger partial charge in [0.2, 0.25) is 0 Å². The average molecular weight is 349 g/mol. The molecule has 1 aromatic carbocycles. The summed E-state index contributed by atoms with van der Waals surface area (Å²) in [5.74, 6) is 0.534. The number of piperidine rings is 1. The van der Waals surface area contributed by atoms with Gasteiger partial charge in [-0.25, -0.2) is 0 Å². The number of hydrogen-bond acceptors (Lipinski definition) is 4. The first-order chi connectivity index (χ1) is 10.1. The number of benzene rings is 1. The molecule has 1 amide bonds. The van der Waals surface area contributed by atoms with Gasteiger partial charge < -0.3 is 20.1 Å². The van der Waals surface area contributed by atoms with Crippen LogP contribution >= 0.6 is 24.0 Å². The lowest BCUT2D eigenvalue weighted by Gasteiger charge is -2.38. The normalized spacial score (nSPS) is 21.1. The summed E-state index contributed by atoms with van der Waals surface area (Å²) in [6.07, 6.45) is 1.78. The summed E-state index contributed by atoms with van der Waals surface area (Å²) >= 11 is 5.88. The van der Waals surface area contributed by atoms with Crippen molar-refractivity contribution in [2.75, 3.05) is 26.8 Å². The van der Waals surface area contributed by atoms with Crippen LogP contribution < -0.4 is 10.5 Å². The van der Waals surface area contributed by atoms with E-state index in [2.05, 4.69) is 0 Å². The fraction of sp³-hybridized carbons (Fsp3) is 0.533. The van der Waals surface area contributed by atoms with Gasteiger partial charge in [0.15, 0.2) is 6.61 Å². The third kappa shape index (κ3) is 5.02. The second-order valence-corrected chi connectivity index (χ2v) is 5.54. The van der Waals surface area contributed by atoms with E-state index in [4.69, 9.17) is 26.8 Å². The molecule has 0 aliphatic carbocycles. The number of carbonyl (C=O) groups excluding carboxylic acids is 1. The van der Waals surface area contributed by atoms with Crippen molar-refractivity contribution < 1.29 is 14.3 Å². The van der Waals surface area contributed by atoms with Crippen molar-refractivity contribution in [2.45, 2.75) is 25.0 Å². The van der Waals surface area contributed by atoms with Gasteiger partial charge in [-0.2, -0.15) is 0 Å². The molecular weight excluding hydrogens is 327 g/mol. The zero-order valence-electron chi connectivity index (χ0n) is 12.5. The SMILES string of the molecule is COC1CCN(C(=O)COc2cccc(Cl)c2)C(CN)C1.Cl. The van der Waals surface area contributed by atoms with Crippen molar-refractivity contribution in [3.05, 3.63) is 29.3 Å². The Morgan fingerprint density at radius 1 is 1.50 bits per heavy atom. The summed E-state index contributed by atoms with van der Waals surface area (Å²) in [6, 6.07) is 7.02. The Hall–Kier alpha value is -1.01. The molecule has 2 unspecified atom stereocenters. The van der Waals surface area contributed by atoms with Gasteiger partial charge in [0.1, 0.15) is 5.75 Å². The molecular formula is C15H22Cl2N2O3. The van der Waals surface area contributed by atoms with Crippen molar-refractivity contribution in [1.82, 2.24) is 4.90 Å². The minimum Gasteiger partial charge on any atom is -0.484 e. The van der Waals surface area contributed by atoms with Crippen LogP contribution in [0.3, 0.4) is 0 Å². The van der Waals surface area contributed by atoms with Crippen LogP contribution in [-0.4, -0.2) is 49.8 Å². The number of nitrogens with zero attached hydrogens (tertiary/aromatic N) is 1. The number of hydrogen-bond donors (Lipinski definition) is 1. The van der Waals surface area contributed by atoms with Crippen LogP contribution in [0, 0.1) is 0 Å². The molecule has 2 atom stereocenters. The minimum atomic E-state index is -0.0556. The highest BCUT2D eigenvalue weighted by Crippen LogP contribution is 2.20. The highest BCUT2D eigenvalue weighted by molar-refractivity contribution is 6.30. The Bertz CT molecular complexity index is 488. The topological polar surface area (TPSA) is 64.8 Å². The fourth-order valence-corrected chi connectivity index (χ4v) is 2.75. The molecule has 2 rings (SSSR count). The van der Waals surface area contributed by atoms with Gasteiger partial charge >= 0.3 is 0 Å². The molecule has 1 fully saturated rings. The van der Waals surface area contributed by atoms with E-state index in [0.29, 0.717) is 23.9 Å². The number of rotatable bonds is 5. The number of carbonyl (C=O) groups is 1. The quantitative estimate of drug-likeness (QED) is 0.884. The third-order valence-electron chi connectivity index (χ3n) is 3.75. The molecule has 1 saturated heterocycles. The van der Waals surface area contributed by atoms with Crippen LogP contribution in [0.2, 0.25) is 5.02 Å². The van der Waals surface area contributed by atoms with E-state index in [1.807, 2.05) is 0 Å². The van der Waals surface area contributed by atoms with E-state index in [1.165, 1.54) is 0 Å². The lowest BCUT2D eigenvalue weighted by atomic mass is 9.99. The summed E-state index contributed by atoms with van der Waals surface area (Å²) < 4.78 is 10.9. The Balaban J connectivity index is 0.00000242. The molecule has 5 nitrogen and oxygen atoms in total. The van der Waals surface area contributed by atoms with Crippen LogP contribution in [0.4, 0.5) is 0 Å². The van der Waals surface area contributed by atoms with E-state index in [-0.39, 0.29) is 37.1 Å². The molecule has 124 valence electrons. The van der Waals surface area contributed by atoms with E-state index < -0.39 is 0 Å². The smallest absolute Gasteiger partial charge is 0.260 e.